The number of carbonyl (C=O) groups excluding carboxylic acids is 2. The largest absolute Gasteiger partial charge is 0.487 e. The van der Waals surface area contributed by atoms with E-state index in [4.69, 9.17) is 28.7 Å². The molecule has 2 aliphatic heterocycles. The van der Waals surface area contributed by atoms with E-state index in [0.717, 1.165) is 0 Å². The Morgan fingerprint density at radius 2 is 1.19 bits per heavy atom. The number of nitro benzene ring substituents is 2. The van der Waals surface area contributed by atoms with Crippen molar-refractivity contribution in [3.05, 3.63) is 116 Å². The van der Waals surface area contributed by atoms with Crippen molar-refractivity contribution in [2.45, 2.75) is 19.3 Å². The number of nitrogens with zero attached hydrogens (tertiary/aromatic N) is 2. The van der Waals surface area contributed by atoms with Crippen molar-refractivity contribution in [2.24, 2.45) is 0 Å². The van der Waals surface area contributed by atoms with E-state index in [0.29, 0.717) is 19.3 Å². The zero-order valence-corrected chi connectivity index (χ0v) is 24.9. The number of hydrogen-bond donors (Lipinski definition) is 0. The third-order valence-electron chi connectivity index (χ3n) is 7.03. The van der Waals surface area contributed by atoms with Crippen molar-refractivity contribution in [2.75, 3.05) is 26.4 Å². The van der Waals surface area contributed by atoms with Crippen molar-refractivity contribution in [3.8, 4) is 23.0 Å². The average molecular weight is 645 g/mol. The van der Waals surface area contributed by atoms with Gasteiger partial charge in [-0.15, -0.1) is 13.2 Å². The molecule has 0 spiro atoms. The maximum atomic E-state index is 13.0. The molecule has 0 aromatic heterocycles. The molecule has 0 radical (unpaired) electrons. The van der Waals surface area contributed by atoms with Crippen LogP contribution in [0.15, 0.2) is 73.8 Å². The molecule has 3 aromatic rings. The molecule has 0 bridgehead atoms. The molecule has 3 aromatic carbocycles. The van der Waals surface area contributed by atoms with Gasteiger partial charge in [-0.1, -0.05) is 12.2 Å². The van der Waals surface area contributed by atoms with E-state index in [-0.39, 0.29) is 93.5 Å². The summed E-state index contributed by atoms with van der Waals surface area (Å²) in [5, 5.41) is 24.2. The topological polar surface area (TPSA) is 176 Å². The molecule has 0 aliphatic carbocycles. The molecule has 14 nitrogen and oxygen atoms in total. The number of carbonyl (C=O) groups is 2. The number of allylic oxidation sites excluding steroid dienone is 1. The Bertz CT molecular complexity index is 1920. The van der Waals surface area contributed by atoms with Crippen LogP contribution in [0.25, 0.3) is 11.1 Å². The second-order valence-electron chi connectivity index (χ2n) is 10.1. The predicted molar refractivity (Wildman–Crippen MR) is 165 cm³/mol. The lowest BCUT2D eigenvalue weighted by atomic mass is 10.0. The first-order chi connectivity index (χ1) is 22.7. The van der Waals surface area contributed by atoms with E-state index in [1.54, 1.807) is 6.08 Å². The van der Waals surface area contributed by atoms with Crippen LogP contribution in [0.5, 0.6) is 23.0 Å². The van der Waals surface area contributed by atoms with Crippen LogP contribution in [-0.2, 0) is 19.4 Å². The third kappa shape index (κ3) is 7.03. The van der Waals surface area contributed by atoms with Crippen molar-refractivity contribution in [1.82, 2.24) is 0 Å². The summed E-state index contributed by atoms with van der Waals surface area (Å²) in [5.74, 6) is -1.34. The van der Waals surface area contributed by atoms with Crippen LogP contribution < -0.4 is 29.4 Å². The van der Waals surface area contributed by atoms with Gasteiger partial charge in [-0.25, -0.2) is 19.4 Å². The number of fused-ring (bicyclic) bond motifs is 2. The molecule has 0 saturated heterocycles. The Morgan fingerprint density at radius 1 is 0.681 bits per heavy atom. The molecule has 0 atom stereocenters. The highest BCUT2D eigenvalue weighted by molar-refractivity contribution is 6.21. The lowest BCUT2D eigenvalue weighted by molar-refractivity contribution is -0.386. The maximum absolute atomic E-state index is 13.0. The summed E-state index contributed by atoms with van der Waals surface area (Å²) in [6.07, 6.45) is 4.93. The molecule has 0 amide bonds. The monoisotopic (exact) mass is 644 g/mol. The summed E-state index contributed by atoms with van der Waals surface area (Å²) in [6, 6.07) is 11.0. The highest BCUT2D eigenvalue weighted by atomic mass is 17.2. The second kappa shape index (κ2) is 14.5. The summed E-state index contributed by atoms with van der Waals surface area (Å²) < 4.78 is 22.1. The van der Waals surface area contributed by atoms with Crippen molar-refractivity contribution < 1.29 is 48.2 Å². The van der Waals surface area contributed by atoms with Gasteiger partial charge in [-0.2, -0.15) is 0 Å². The zero-order valence-electron chi connectivity index (χ0n) is 24.9. The van der Waals surface area contributed by atoms with Gasteiger partial charge in [0.2, 0.25) is 0 Å². The van der Waals surface area contributed by atoms with E-state index >= 15 is 0 Å². The Kier molecular flexibility index (Phi) is 10.0. The Morgan fingerprint density at radius 3 is 1.66 bits per heavy atom. The Hall–Kier alpha value is -5.86. The third-order valence-corrected chi connectivity index (χ3v) is 7.03. The van der Waals surface area contributed by atoms with E-state index in [1.807, 2.05) is 0 Å². The standard InChI is InChI=1S/C33H28N2O12/c1-3-5-6-13-42-26-10-8-20(16-24(26)34(38)39)30-22-18-29-23(19-28(22)46-32(30)36)31(33(37)47-29)21-9-11-27(25(17-21)35(40)41)43-14-7-15-45-44-12-4-2/h3-4,8-11,16-19H,1-2,5-7,12-15H2. The van der Waals surface area contributed by atoms with Gasteiger partial charge in [-0.3, -0.25) is 20.2 Å². The van der Waals surface area contributed by atoms with Crippen molar-refractivity contribution >= 4 is 34.5 Å². The number of ether oxygens (including phenoxy) is 4. The van der Waals surface area contributed by atoms with E-state index in [2.05, 4.69) is 13.2 Å². The lowest BCUT2D eigenvalue weighted by Crippen LogP contribution is -2.11. The number of rotatable bonds is 17. The van der Waals surface area contributed by atoms with Gasteiger partial charge >= 0.3 is 23.3 Å². The molecule has 0 saturated carbocycles. The highest BCUT2D eigenvalue weighted by Crippen LogP contribution is 2.35. The van der Waals surface area contributed by atoms with Gasteiger partial charge in [0.05, 0.1) is 40.8 Å². The molecule has 2 aliphatic rings. The summed E-state index contributed by atoms with van der Waals surface area (Å²) in [4.78, 5) is 58.3. The lowest BCUT2D eigenvalue weighted by Gasteiger charge is -2.08. The van der Waals surface area contributed by atoms with Crippen LogP contribution in [0.4, 0.5) is 11.4 Å². The fourth-order valence-electron chi connectivity index (χ4n) is 4.93. The van der Waals surface area contributed by atoms with Gasteiger partial charge in [-0.05, 0) is 60.4 Å². The molecular weight excluding hydrogens is 616 g/mol. The van der Waals surface area contributed by atoms with Crippen LogP contribution in [-0.4, -0.2) is 48.2 Å². The normalized spacial score (nSPS) is 13.0. The Balaban J connectivity index is 1.48. The predicted octanol–water partition coefficient (Wildman–Crippen LogP) is 3.99. The quantitative estimate of drug-likeness (QED) is 0.0393. The first-order valence-corrected chi connectivity index (χ1v) is 14.4. The van der Waals surface area contributed by atoms with Gasteiger partial charge in [0, 0.05) is 29.0 Å². The fraction of sp³-hybridized carbons (Fsp3) is 0.212. The number of unbranched alkanes of at least 4 members (excludes halogenated alkanes) is 1. The zero-order chi connectivity index (χ0) is 33.5. The van der Waals surface area contributed by atoms with Crippen molar-refractivity contribution in [3.63, 3.8) is 0 Å². The van der Waals surface area contributed by atoms with Gasteiger partial charge in [0.25, 0.3) is 0 Å². The number of benzene rings is 3. The molecule has 0 fully saturated rings. The molecule has 5 rings (SSSR count). The van der Waals surface area contributed by atoms with Gasteiger partial charge < -0.3 is 18.9 Å². The second-order valence-corrected chi connectivity index (χ2v) is 10.1. The minimum Gasteiger partial charge on any atom is -0.487 e. The van der Waals surface area contributed by atoms with Crippen LogP contribution in [0.1, 0.15) is 30.4 Å². The van der Waals surface area contributed by atoms with E-state index < -0.39 is 21.8 Å². The van der Waals surface area contributed by atoms with Crippen LogP contribution in [0.2, 0.25) is 0 Å². The number of esters is 2. The average Bonchev–Trinajstić information content (AvgIpc) is 3.54. The highest BCUT2D eigenvalue weighted by Gasteiger charge is 2.32. The molecule has 47 heavy (non-hydrogen) atoms. The molecule has 0 unspecified atom stereocenters. The minimum absolute atomic E-state index is 0.0117. The molecular formula is C33H28N2O12. The van der Waals surface area contributed by atoms with Crippen molar-refractivity contribution in [1.29, 1.82) is 0 Å². The van der Waals surface area contributed by atoms with Gasteiger partial charge in [0.15, 0.2) is 11.5 Å². The molecule has 242 valence electrons. The smallest absolute Gasteiger partial charge is 0.344 e. The number of hydrogen-bond acceptors (Lipinski definition) is 12. The molecule has 0 N–H and O–H groups in total. The molecule has 14 heteroatoms. The summed E-state index contributed by atoms with van der Waals surface area (Å²) in [5.41, 5.74) is -0.279. The summed E-state index contributed by atoms with van der Waals surface area (Å²) in [6.45, 7) is 7.89. The SMILES string of the molecule is C=CCCCOc1ccc(C2=c3cc4c(cc3OC2=O)=C(c2ccc(OCCCOOCC=C)c([N+](=O)[O-])c2)C(=O)O4)cc1[N+](=O)[O-]. The summed E-state index contributed by atoms with van der Waals surface area (Å²) in [7, 11) is 0. The fourth-order valence-corrected chi connectivity index (χ4v) is 4.93. The molecule has 2 heterocycles. The van der Waals surface area contributed by atoms with Crippen LogP contribution in [0.3, 0.4) is 0 Å². The van der Waals surface area contributed by atoms with Crippen LogP contribution in [0, 0.1) is 20.2 Å². The Labute approximate surface area is 266 Å². The first kappa shape index (κ1) is 32.5. The van der Waals surface area contributed by atoms with Gasteiger partial charge in [0.1, 0.15) is 18.1 Å². The summed E-state index contributed by atoms with van der Waals surface area (Å²) >= 11 is 0. The maximum Gasteiger partial charge on any atom is 0.344 e. The first-order valence-electron chi connectivity index (χ1n) is 14.4. The van der Waals surface area contributed by atoms with E-state index in [1.165, 1.54) is 54.6 Å². The van der Waals surface area contributed by atoms with E-state index in [9.17, 15) is 29.8 Å². The van der Waals surface area contributed by atoms with Crippen LogP contribution >= 0.6 is 0 Å². The number of nitro groups is 2. The minimum atomic E-state index is -0.773.